The van der Waals surface area contributed by atoms with E-state index >= 15 is 0 Å². The topological polar surface area (TPSA) is 89.8 Å². The smallest absolute Gasteiger partial charge is 0.421 e. The summed E-state index contributed by atoms with van der Waals surface area (Å²) < 4.78 is 5.44. The van der Waals surface area contributed by atoms with Gasteiger partial charge in [0.2, 0.25) is 12.5 Å². The van der Waals surface area contributed by atoms with Crippen molar-refractivity contribution in [1.82, 2.24) is 0 Å². The Balaban J connectivity index is 2.16. The van der Waals surface area contributed by atoms with Crippen molar-refractivity contribution < 1.29 is 19.2 Å². The summed E-state index contributed by atoms with van der Waals surface area (Å²) in [6.07, 6.45) is -0.806. The largest absolute Gasteiger partial charge is 0.443 e. The Morgan fingerprint density at radius 3 is 2.37 bits per heavy atom. The highest BCUT2D eigenvalue weighted by atomic mass is 35.5. The molecule has 0 radical (unpaired) electrons. The van der Waals surface area contributed by atoms with E-state index < -0.39 is 40.4 Å². The van der Waals surface area contributed by atoms with E-state index in [2.05, 4.69) is 0 Å². The van der Waals surface area contributed by atoms with Crippen LogP contribution in [0.15, 0.2) is 48.5 Å². The minimum Gasteiger partial charge on any atom is -0.443 e. The molecule has 1 heterocycles. The fourth-order valence-corrected chi connectivity index (χ4v) is 3.98. The Hall–Kier alpha value is -2.93. The molecule has 0 aromatic heterocycles. The Morgan fingerprint density at radius 2 is 1.80 bits per heavy atom. The van der Waals surface area contributed by atoms with Gasteiger partial charge in [0.05, 0.1) is 17.0 Å². The van der Waals surface area contributed by atoms with Crippen LogP contribution < -0.4 is 4.90 Å². The lowest BCUT2D eigenvalue weighted by Crippen LogP contribution is -2.47. The SMILES string of the molecule is CC(C)(C)OC(=O)N1C(=O)[C@](C)([C@@H](C[N+](=O)[O-])c2ccc(Cl)cc2)c2ccccc21. The highest BCUT2D eigenvalue weighted by Crippen LogP contribution is 2.50. The van der Waals surface area contributed by atoms with Gasteiger partial charge >= 0.3 is 6.09 Å². The molecule has 2 amide bonds. The number of nitro groups is 1. The molecule has 8 heteroatoms. The Bertz CT molecular complexity index is 999. The fourth-order valence-electron chi connectivity index (χ4n) is 3.86. The van der Waals surface area contributed by atoms with Gasteiger partial charge < -0.3 is 4.74 Å². The molecule has 0 unspecified atom stereocenters. The number of ether oxygens (including phenoxy) is 1. The molecule has 0 aliphatic carbocycles. The van der Waals surface area contributed by atoms with E-state index in [1.165, 1.54) is 0 Å². The average Bonchev–Trinajstić information content (AvgIpc) is 2.88. The molecule has 0 N–H and O–H groups in total. The lowest BCUT2D eigenvalue weighted by molar-refractivity contribution is -0.484. The third kappa shape index (κ3) is 3.89. The van der Waals surface area contributed by atoms with Crippen molar-refractivity contribution in [3.8, 4) is 0 Å². The van der Waals surface area contributed by atoms with Gasteiger partial charge in [-0.1, -0.05) is 41.9 Å². The number of nitrogens with zero attached hydrogens (tertiary/aromatic N) is 2. The van der Waals surface area contributed by atoms with E-state index in [9.17, 15) is 19.7 Å². The zero-order valence-corrected chi connectivity index (χ0v) is 18.0. The van der Waals surface area contributed by atoms with Crippen LogP contribution >= 0.6 is 11.6 Å². The highest BCUT2D eigenvalue weighted by molar-refractivity contribution is 6.30. The number of fused-ring (bicyclic) bond motifs is 1. The quantitative estimate of drug-likeness (QED) is 0.506. The molecule has 30 heavy (non-hydrogen) atoms. The lowest BCUT2D eigenvalue weighted by Gasteiger charge is -2.31. The second-order valence-electron chi connectivity index (χ2n) is 8.46. The molecule has 0 spiro atoms. The van der Waals surface area contributed by atoms with Gasteiger partial charge in [-0.2, -0.15) is 0 Å². The first-order chi connectivity index (χ1) is 13.9. The first-order valence-electron chi connectivity index (χ1n) is 9.49. The zero-order valence-electron chi connectivity index (χ0n) is 17.2. The number of para-hydroxylation sites is 1. The summed E-state index contributed by atoms with van der Waals surface area (Å²) in [5.41, 5.74) is -0.632. The van der Waals surface area contributed by atoms with E-state index in [0.717, 1.165) is 4.90 Å². The molecular formula is C22H23ClN2O5. The highest BCUT2D eigenvalue weighted by Gasteiger charge is 2.56. The summed E-state index contributed by atoms with van der Waals surface area (Å²) in [6, 6.07) is 13.4. The second-order valence-corrected chi connectivity index (χ2v) is 8.90. The number of imide groups is 1. The maximum Gasteiger partial charge on any atom is 0.421 e. The number of anilines is 1. The van der Waals surface area contributed by atoms with Crippen LogP contribution in [-0.2, 0) is 14.9 Å². The number of amides is 2. The normalized spacial score (nSPS) is 19.4. The van der Waals surface area contributed by atoms with Gasteiger partial charge in [-0.3, -0.25) is 14.9 Å². The first kappa shape index (κ1) is 21.8. The summed E-state index contributed by atoms with van der Waals surface area (Å²) in [6.45, 7) is 6.28. The minimum atomic E-state index is -1.34. The third-order valence-corrected chi connectivity index (χ3v) is 5.48. The summed E-state index contributed by atoms with van der Waals surface area (Å²) >= 11 is 5.98. The van der Waals surface area contributed by atoms with Gasteiger partial charge in [0, 0.05) is 9.95 Å². The van der Waals surface area contributed by atoms with Crippen LogP contribution in [0.3, 0.4) is 0 Å². The number of carbonyl (C=O) groups is 2. The molecule has 1 aliphatic heterocycles. The van der Waals surface area contributed by atoms with E-state index in [-0.39, 0.29) is 0 Å². The number of carbonyl (C=O) groups excluding carboxylic acids is 2. The fraction of sp³-hybridized carbons (Fsp3) is 0.364. The number of hydrogen-bond acceptors (Lipinski definition) is 5. The molecule has 0 saturated carbocycles. The van der Waals surface area contributed by atoms with Crippen LogP contribution in [0.5, 0.6) is 0 Å². The monoisotopic (exact) mass is 430 g/mol. The van der Waals surface area contributed by atoms with Crippen molar-refractivity contribution in [2.45, 2.75) is 44.6 Å². The Kier molecular flexibility index (Phi) is 5.60. The minimum absolute atomic E-state index is 0.376. The van der Waals surface area contributed by atoms with Gasteiger partial charge in [0.25, 0.3) is 0 Å². The molecule has 158 valence electrons. The van der Waals surface area contributed by atoms with Gasteiger partial charge in [0.1, 0.15) is 5.60 Å². The van der Waals surface area contributed by atoms with Crippen LogP contribution in [0.1, 0.15) is 44.7 Å². The number of rotatable bonds is 4. The van der Waals surface area contributed by atoms with Crippen molar-refractivity contribution in [1.29, 1.82) is 0 Å². The molecule has 2 aromatic rings. The van der Waals surface area contributed by atoms with E-state index in [0.29, 0.717) is 21.8 Å². The second kappa shape index (κ2) is 7.72. The van der Waals surface area contributed by atoms with Crippen LogP contribution in [0.2, 0.25) is 5.02 Å². The molecular weight excluding hydrogens is 408 g/mol. The van der Waals surface area contributed by atoms with Crippen LogP contribution in [0, 0.1) is 10.1 Å². The maximum atomic E-state index is 13.7. The van der Waals surface area contributed by atoms with Gasteiger partial charge in [-0.05, 0) is 57.0 Å². The first-order valence-corrected chi connectivity index (χ1v) is 9.87. The summed E-state index contributed by atoms with van der Waals surface area (Å²) in [7, 11) is 0. The van der Waals surface area contributed by atoms with Crippen molar-refractivity contribution in [2.75, 3.05) is 11.4 Å². The van der Waals surface area contributed by atoms with Crippen molar-refractivity contribution in [3.05, 3.63) is 74.8 Å². The van der Waals surface area contributed by atoms with E-state index in [4.69, 9.17) is 16.3 Å². The molecule has 1 aliphatic rings. The predicted octanol–water partition coefficient (Wildman–Crippen LogP) is 4.94. The molecule has 2 aromatic carbocycles. The predicted molar refractivity (Wildman–Crippen MR) is 114 cm³/mol. The number of halogens is 1. The molecule has 0 fully saturated rings. The van der Waals surface area contributed by atoms with Crippen molar-refractivity contribution in [2.24, 2.45) is 0 Å². The van der Waals surface area contributed by atoms with Gasteiger partial charge in [0.15, 0.2) is 0 Å². The van der Waals surface area contributed by atoms with E-state index in [1.54, 1.807) is 76.2 Å². The molecule has 7 nitrogen and oxygen atoms in total. The molecule has 3 rings (SSSR count). The molecule has 0 saturated heterocycles. The Labute approximate surface area is 179 Å². The standard InChI is InChI=1S/C22H23ClN2O5/c1-21(2,3)30-20(27)25-18-8-6-5-7-16(18)22(4,19(25)26)17(13-24(28)29)14-9-11-15(23)12-10-14/h5-12,17H,13H2,1-4H3/t17-,22-/m0/s1. The number of hydrogen-bond donors (Lipinski definition) is 0. The lowest BCUT2D eigenvalue weighted by atomic mass is 9.69. The van der Waals surface area contributed by atoms with Crippen LogP contribution in [0.4, 0.5) is 10.5 Å². The zero-order chi connectivity index (χ0) is 22.3. The van der Waals surface area contributed by atoms with Crippen molar-refractivity contribution >= 4 is 29.3 Å². The van der Waals surface area contributed by atoms with Crippen LogP contribution in [0.25, 0.3) is 0 Å². The average molecular weight is 431 g/mol. The van der Waals surface area contributed by atoms with Crippen LogP contribution in [-0.4, -0.2) is 29.1 Å². The van der Waals surface area contributed by atoms with Crippen molar-refractivity contribution in [3.63, 3.8) is 0 Å². The van der Waals surface area contributed by atoms with E-state index in [1.807, 2.05) is 0 Å². The summed E-state index contributed by atoms with van der Waals surface area (Å²) in [5, 5.41) is 12.0. The molecule has 0 bridgehead atoms. The van der Waals surface area contributed by atoms with Gasteiger partial charge in [-0.15, -0.1) is 0 Å². The number of benzene rings is 2. The molecule has 2 atom stereocenters. The summed E-state index contributed by atoms with van der Waals surface area (Å²) in [5.74, 6) is -1.37. The third-order valence-electron chi connectivity index (χ3n) is 5.23. The van der Waals surface area contributed by atoms with Gasteiger partial charge in [-0.25, -0.2) is 9.69 Å². The Morgan fingerprint density at radius 1 is 1.20 bits per heavy atom. The summed E-state index contributed by atoms with van der Waals surface area (Å²) in [4.78, 5) is 38.6. The maximum absolute atomic E-state index is 13.7.